The van der Waals surface area contributed by atoms with E-state index >= 15 is 0 Å². The first-order valence-electron chi connectivity index (χ1n) is 10.5. The Morgan fingerprint density at radius 1 is 1.03 bits per heavy atom. The van der Waals surface area contributed by atoms with Crippen molar-refractivity contribution >= 4 is 5.91 Å². The molecular formula is C23H22F4N4O2. The number of hydrogen-bond acceptors (Lipinski definition) is 4. The fraction of sp³-hybridized carbons (Fsp3) is 0.348. The Morgan fingerprint density at radius 3 is 2.30 bits per heavy atom. The van der Waals surface area contributed by atoms with Crippen LogP contribution in [0.15, 0.2) is 42.5 Å². The van der Waals surface area contributed by atoms with E-state index in [-0.39, 0.29) is 24.9 Å². The highest BCUT2D eigenvalue weighted by atomic mass is 19.4. The Kier molecular flexibility index (Phi) is 6.09. The summed E-state index contributed by atoms with van der Waals surface area (Å²) in [6, 6.07) is 10.1. The number of amides is 1. The molecule has 3 aromatic rings. The van der Waals surface area contributed by atoms with Crippen molar-refractivity contribution in [1.82, 2.24) is 19.9 Å². The largest absolute Gasteiger partial charge is 0.490 e. The molecular weight excluding hydrogens is 440 g/mol. The number of likely N-dealkylation sites (tertiary alicyclic amines) is 1. The fourth-order valence-corrected chi connectivity index (χ4v) is 3.75. The van der Waals surface area contributed by atoms with Crippen LogP contribution in [0.5, 0.6) is 5.75 Å². The van der Waals surface area contributed by atoms with Crippen LogP contribution in [-0.4, -0.2) is 45.0 Å². The minimum Gasteiger partial charge on any atom is -0.490 e. The molecule has 1 aliphatic rings. The molecule has 0 aliphatic carbocycles. The predicted molar refractivity (Wildman–Crippen MR) is 112 cm³/mol. The SMILES string of the molecule is Cc1ccc(OC2CCN(C(=O)c3nnn(-c4ccc(F)cc4)c3C(F)(F)F)CC2)cc1C. The van der Waals surface area contributed by atoms with Gasteiger partial charge in [-0.2, -0.15) is 13.2 Å². The molecule has 1 aromatic heterocycles. The van der Waals surface area contributed by atoms with Gasteiger partial charge in [0.25, 0.3) is 5.91 Å². The molecule has 2 heterocycles. The zero-order valence-corrected chi connectivity index (χ0v) is 18.1. The van der Waals surface area contributed by atoms with Crippen molar-refractivity contribution in [2.75, 3.05) is 13.1 Å². The molecule has 6 nitrogen and oxygen atoms in total. The van der Waals surface area contributed by atoms with Crippen LogP contribution >= 0.6 is 0 Å². The van der Waals surface area contributed by atoms with E-state index in [1.807, 2.05) is 32.0 Å². The van der Waals surface area contributed by atoms with Gasteiger partial charge in [0.2, 0.25) is 0 Å². The Morgan fingerprint density at radius 2 is 1.70 bits per heavy atom. The van der Waals surface area contributed by atoms with E-state index < -0.39 is 29.3 Å². The molecule has 1 aliphatic heterocycles. The van der Waals surface area contributed by atoms with Crippen LogP contribution < -0.4 is 4.74 Å². The number of piperidine rings is 1. The number of benzene rings is 2. The summed E-state index contributed by atoms with van der Waals surface area (Å²) in [5, 5.41) is 7.07. The van der Waals surface area contributed by atoms with Crippen LogP contribution in [0.4, 0.5) is 17.6 Å². The molecule has 0 unspecified atom stereocenters. The van der Waals surface area contributed by atoms with E-state index in [0.717, 1.165) is 41.1 Å². The molecule has 0 atom stereocenters. The lowest BCUT2D eigenvalue weighted by Crippen LogP contribution is -2.42. The summed E-state index contributed by atoms with van der Waals surface area (Å²) in [4.78, 5) is 14.3. The highest BCUT2D eigenvalue weighted by Crippen LogP contribution is 2.33. The Balaban J connectivity index is 1.49. The fourth-order valence-electron chi connectivity index (χ4n) is 3.75. The maximum Gasteiger partial charge on any atom is 0.435 e. The van der Waals surface area contributed by atoms with Crippen molar-refractivity contribution < 1.29 is 27.1 Å². The normalized spacial score (nSPS) is 15.0. The first kappa shape index (κ1) is 22.8. The molecule has 10 heteroatoms. The number of alkyl halides is 3. The molecule has 0 spiro atoms. The van der Waals surface area contributed by atoms with Crippen molar-refractivity contribution in [2.45, 2.75) is 39.0 Å². The molecule has 174 valence electrons. The van der Waals surface area contributed by atoms with Gasteiger partial charge < -0.3 is 9.64 Å². The number of nitrogens with zero attached hydrogens (tertiary/aromatic N) is 4. The van der Waals surface area contributed by atoms with Crippen LogP contribution in [0, 0.1) is 19.7 Å². The number of ether oxygens (including phenoxy) is 1. The van der Waals surface area contributed by atoms with Gasteiger partial charge in [0.05, 0.1) is 5.69 Å². The first-order valence-corrected chi connectivity index (χ1v) is 10.5. The summed E-state index contributed by atoms with van der Waals surface area (Å²) in [6.45, 7) is 4.45. The summed E-state index contributed by atoms with van der Waals surface area (Å²) in [6.07, 6.45) is -4.07. The number of carbonyl (C=O) groups is 1. The average Bonchev–Trinajstić information content (AvgIpc) is 3.23. The van der Waals surface area contributed by atoms with Gasteiger partial charge in [-0.25, -0.2) is 9.07 Å². The van der Waals surface area contributed by atoms with Crippen molar-refractivity contribution in [3.63, 3.8) is 0 Å². The van der Waals surface area contributed by atoms with Crippen LogP contribution in [-0.2, 0) is 6.18 Å². The Hall–Kier alpha value is -3.43. The number of aromatic nitrogens is 3. The van der Waals surface area contributed by atoms with E-state index in [0.29, 0.717) is 17.5 Å². The van der Waals surface area contributed by atoms with Gasteiger partial charge in [-0.3, -0.25) is 4.79 Å². The lowest BCUT2D eigenvalue weighted by molar-refractivity contribution is -0.143. The van der Waals surface area contributed by atoms with E-state index in [1.54, 1.807) is 0 Å². The second-order valence-corrected chi connectivity index (χ2v) is 8.03. The zero-order valence-electron chi connectivity index (χ0n) is 18.1. The van der Waals surface area contributed by atoms with Crippen molar-refractivity contribution in [1.29, 1.82) is 0 Å². The number of carbonyl (C=O) groups excluding carboxylic acids is 1. The molecule has 0 bridgehead atoms. The van der Waals surface area contributed by atoms with Gasteiger partial charge in [0.1, 0.15) is 17.7 Å². The topological polar surface area (TPSA) is 60.2 Å². The van der Waals surface area contributed by atoms with Gasteiger partial charge in [0, 0.05) is 25.9 Å². The van der Waals surface area contributed by atoms with E-state index in [1.165, 1.54) is 4.90 Å². The molecule has 1 amide bonds. The predicted octanol–water partition coefficient (Wildman–Crippen LogP) is 4.73. The quantitative estimate of drug-likeness (QED) is 0.527. The summed E-state index contributed by atoms with van der Waals surface area (Å²) in [5.41, 5.74) is 0.143. The molecule has 0 N–H and O–H groups in total. The maximum absolute atomic E-state index is 13.8. The van der Waals surface area contributed by atoms with Gasteiger partial charge in [0.15, 0.2) is 11.4 Å². The van der Waals surface area contributed by atoms with Gasteiger partial charge in [-0.05, 0) is 61.4 Å². The Bertz CT molecular complexity index is 1150. The summed E-state index contributed by atoms with van der Waals surface area (Å²) < 4.78 is 61.2. The van der Waals surface area contributed by atoms with E-state index in [4.69, 9.17) is 4.74 Å². The van der Waals surface area contributed by atoms with Crippen LogP contribution in [0.2, 0.25) is 0 Å². The van der Waals surface area contributed by atoms with E-state index in [9.17, 15) is 22.4 Å². The Labute approximate surface area is 187 Å². The number of hydrogen-bond donors (Lipinski definition) is 0. The second kappa shape index (κ2) is 8.84. The molecule has 4 rings (SSSR count). The molecule has 2 aromatic carbocycles. The highest BCUT2D eigenvalue weighted by Gasteiger charge is 2.43. The van der Waals surface area contributed by atoms with Crippen molar-refractivity contribution in [3.8, 4) is 11.4 Å². The third-order valence-electron chi connectivity index (χ3n) is 5.72. The molecule has 1 fully saturated rings. The number of rotatable bonds is 4. The first-order chi connectivity index (χ1) is 15.6. The minimum absolute atomic E-state index is 0.0456. The standard InChI is InChI=1S/C23H22F4N4O2/c1-14-3-8-19(13-15(14)2)33-18-9-11-30(12-10-18)22(32)20-21(23(25,26)27)31(29-28-20)17-6-4-16(24)5-7-17/h3-8,13,18H,9-12H2,1-2H3. The van der Waals surface area contributed by atoms with E-state index in [2.05, 4.69) is 10.3 Å². The van der Waals surface area contributed by atoms with Crippen LogP contribution in [0.3, 0.4) is 0 Å². The highest BCUT2D eigenvalue weighted by molar-refractivity contribution is 5.93. The number of aryl methyl sites for hydroxylation is 2. The lowest BCUT2D eigenvalue weighted by Gasteiger charge is -2.32. The van der Waals surface area contributed by atoms with Crippen molar-refractivity contribution in [3.05, 3.63) is 70.8 Å². The van der Waals surface area contributed by atoms with Crippen molar-refractivity contribution in [2.24, 2.45) is 0 Å². The monoisotopic (exact) mass is 462 g/mol. The van der Waals surface area contributed by atoms with Gasteiger partial charge >= 0.3 is 6.18 Å². The number of halogens is 4. The second-order valence-electron chi connectivity index (χ2n) is 8.03. The molecule has 33 heavy (non-hydrogen) atoms. The maximum atomic E-state index is 13.8. The molecule has 1 saturated heterocycles. The lowest BCUT2D eigenvalue weighted by atomic mass is 10.1. The van der Waals surface area contributed by atoms with Crippen LogP contribution in [0.25, 0.3) is 5.69 Å². The summed E-state index contributed by atoms with van der Waals surface area (Å²) in [7, 11) is 0. The average molecular weight is 462 g/mol. The molecule has 0 radical (unpaired) electrons. The smallest absolute Gasteiger partial charge is 0.435 e. The van der Waals surface area contributed by atoms with Gasteiger partial charge in [-0.1, -0.05) is 11.3 Å². The molecule has 0 saturated carbocycles. The minimum atomic E-state index is -4.88. The zero-order chi connectivity index (χ0) is 23.8. The summed E-state index contributed by atoms with van der Waals surface area (Å²) >= 11 is 0. The van der Waals surface area contributed by atoms with Gasteiger partial charge in [-0.15, -0.1) is 5.10 Å². The third kappa shape index (κ3) is 4.84. The summed E-state index contributed by atoms with van der Waals surface area (Å²) in [5.74, 6) is -0.723. The van der Waals surface area contributed by atoms with Crippen LogP contribution in [0.1, 0.15) is 40.2 Å². The third-order valence-corrected chi connectivity index (χ3v) is 5.72.